The van der Waals surface area contributed by atoms with E-state index in [1.165, 1.54) is 22.3 Å². The minimum Gasteiger partial charge on any atom is -0.103 e. The first kappa shape index (κ1) is 36.3. The van der Waals surface area contributed by atoms with Gasteiger partial charge in [-0.25, -0.2) is 0 Å². The van der Waals surface area contributed by atoms with E-state index in [0.29, 0.717) is 11.8 Å². The molecule has 0 fully saturated rings. The Kier molecular flexibility index (Phi) is 17.2. The van der Waals surface area contributed by atoms with Gasteiger partial charge in [0.05, 0.1) is 0 Å². The first-order valence-corrected chi connectivity index (χ1v) is 16.3. The molecule has 232 valence electrons. The van der Waals surface area contributed by atoms with Gasteiger partial charge in [-0.15, -0.1) is 26.3 Å². The van der Waals surface area contributed by atoms with Crippen molar-refractivity contribution >= 4 is 0 Å². The lowest BCUT2D eigenvalue weighted by Crippen LogP contribution is -2.16. The van der Waals surface area contributed by atoms with Gasteiger partial charge < -0.3 is 0 Å². The molecule has 5 atom stereocenters. The topological polar surface area (TPSA) is 0 Å². The molecule has 0 saturated carbocycles. The molecule has 5 unspecified atom stereocenters. The molecule has 0 saturated heterocycles. The van der Waals surface area contributed by atoms with E-state index in [9.17, 15) is 0 Å². The summed E-state index contributed by atoms with van der Waals surface area (Å²) < 4.78 is 0. The van der Waals surface area contributed by atoms with Gasteiger partial charge in [0.15, 0.2) is 0 Å². The average Bonchev–Trinajstić information content (AvgIpc) is 3.06. The molecule has 0 spiro atoms. The molecule has 0 bridgehead atoms. The van der Waals surface area contributed by atoms with Crippen molar-refractivity contribution in [3.8, 4) is 0 Å². The Labute approximate surface area is 270 Å². The predicted molar refractivity (Wildman–Crippen MR) is 199 cm³/mol. The van der Waals surface area contributed by atoms with Crippen LogP contribution in [0.5, 0.6) is 0 Å². The van der Waals surface area contributed by atoms with E-state index in [-0.39, 0.29) is 17.8 Å². The van der Waals surface area contributed by atoms with E-state index >= 15 is 0 Å². The lowest BCUT2D eigenvalue weighted by Gasteiger charge is -2.28. The Morgan fingerprint density at radius 2 is 1.61 bits per heavy atom. The van der Waals surface area contributed by atoms with E-state index in [4.69, 9.17) is 0 Å². The SMILES string of the molecule is C=CC=C(C=C)C1=CCC(C(C=CCCC=C)C(=C)CCC(=C)C(C=CCC(C=C)C2=CCCC=C2)C(C=C)CC=C)C=C1. The summed E-state index contributed by atoms with van der Waals surface area (Å²) in [7, 11) is 0. The Hall–Kier alpha value is -3.90. The smallest absolute Gasteiger partial charge is 0.00465 e. The highest BCUT2D eigenvalue weighted by Crippen LogP contribution is 2.36. The maximum Gasteiger partial charge on any atom is 0.00465 e. The highest BCUT2D eigenvalue weighted by molar-refractivity contribution is 5.49. The van der Waals surface area contributed by atoms with Gasteiger partial charge in [0.1, 0.15) is 0 Å². The van der Waals surface area contributed by atoms with Gasteiger partial charge in [-0.1, -0.05) is 141 Å². The molecule has 0 N–H and O–H groups in total. The molecule has 0 aromatic heterocycles. The predicted octanol–water partition coefficient (Wildman–Crippen LogP) is 12.8. The molecule has 0 heteroatoms. The van der Waals surface area contributed by atoms with Crippen LogP contribution in [-0.2, 0) is 0 Å². The lowest BCUT2D eigenvalue weighted by atomic mass is 9.77. The van der Waals surface area contributed by atoms with Crippen LogP contribution < -0.4 is 0 Å². The van der Waals surface area contributed by atoms with E-state index in [0.717, 1.165) is 63.4 Å². The number of hydrogen-bond donors (Lipinski definition) is 0. The fraction of sp³-hybridized carbons (Fsp3) is 0.318. The molecule has 0 radical (unpaired) electrons. The van der Waals surface area contributed by atoms with Crippen molar-refractivity contribution in [3.05, 3.63) is 184 Å². The second-order valence-corrected chi connectivity index (χ2v) is 11.8. The van der Waals surface area contributed by atoms with Crippen LogP contribution in [-0.4, -0.2) is 0 Å². The van der Waals surface area contributed by atoms with Crippen LogP contribution in [0.25, 0.3) is 0 Å². The summed E-state index contributed by atoms with van der Waals surface area (Å²) in [6.07, 6.45) is 45.7. The van der Waals surface area contributed by atoms with Crippen LogP contribution in [0.4, 0.5) is 0 Å². The van der Waals surface area contributed by atoms with Gasteiger partial charge >= 0.3 is 0 Å². The summed E-state index contributed by atoms with van der Waals surface area (Å²) in [6.45, 7) is 33.2. The first-order chi connectivity index (χ1) is 21.4. The van der Waals surface area contributed by atoms with Crippen molar-refractivity contribution in [1.29, 1.82) is 0 Å². The highest BCUT2D eigenvalue weighted by atomic mass is 14.3. The fourth-order valence-corrected chi connectivity index (χ4v) is 6.03. The molecule has 0 nitrogen and oxygen atoms in total. The highest BCUT2D eigenvalue weighted by Gasteiger charge is 2.23. The van der Waals surface area contributed by atoms with Gasteiger partial charge in [-0.2, -0.15) is 0 Å². The quantitative estimate of drug-likeness (QED) is 0.0674. The van der Waals surface area contributed by atoms with Crippen LogP contribution in [0, 0.1) is 29.6 Å². The summed E-state index contributed by atoms with van der Waals surface area (Å²) >= 11 is 0. The molecule has 0 aromatic rings. The third-order valence-corrected chi connectivity index (χ3v) is 8.71. The zero-order valence-electron chi connectivity index (χ0n) is 27.2. The van der Waals surface area contributed by atoms with Gasteiger partial charge in [0.25, 0.3) is 0 Å². The van der Waals surface area contributed by atoms with Gasteiger partial charge in [-0.3, -0.25) is 0 Å². The number of rotatable bonds is 22. The van der Waals surface area contributed by atoms with Crippen molar-refractivity contribution in [1.82, 2.24) is 0 Å². The molecular weight excluding hydrogens is 528 g/mol. The monoisotopic (exact) mass is 584 g/mol. The van der Waals surface area contributed by atoms with E-state index < -0.39 is 0 Å². The van der Waals surface area contributed by atoms with Crippen molar-refractivity contribution < 1.29 is 0 Å². The normalized spacial score (nSPS) is 19.4. The maximum atomic E-state index is 4.62. The molecule has 2 aliphatic carbocycles. The van der Waals surface area contributed by atoms with Gasteiger partial charge in [0.2, 0.25) is 0 Å². The largest absolute Gasteiger partial charge is 0.103 e. The van der Waals surface area contributed by atoms with Crippen molar-refractivity contribution in [2.45, 2.75) is 57.8 Å². The van der Waals surface area contributed by atoms with Crippen LogP contribution in [0.2, 0.25) is 0 Å². The van der Waals surface area contributed by atoms with E-state index in [1.54, 1.807) is 0 Å². The summed E-state index contributed by atoms with van der Waals surface area (Å²) in [5, 5.41) is 0. The van der Waals surface area contributed by atoms with E-state index in [1.807, 2.05) is 30.4 Å². The van der Waals surface area contributed by atoms with Crippen LogP contribution >= 0.6 is 0 Å². The molecular formula is C44H56. The van der Waals surface area contributed by atoms with Crippen molar-refractivity contribution in [2.24, 2.45) is 29.6 Å². The first-order valence-electron chi connectivity index (χ1n) is 16.3. The molecule has 0 amide bonds. The summed E-state index contributed by atoms with van der Waals surface area (Å²) in [4.78, 5) is 0. The van der Waals surface area contributed by atoms with Crippen LogP contribution in [0.3, 0.4) is 0 Å². The van der Waals surface area contributed by atoms with Gasteiger partial charge in [-0.05, 0) is 86.3 Å². The molecule has 0 aromatic carbocycles. The summed E-state index contributed by atoms with van der Waals surface area (Å²) in [5.41, 5.74) is 6.15. The van der Waals surface area contributed by atoms with Crippen molar-refractivity contribution in [2.75, 3.05) is 0 Å². The number of hydrogen-bond acceptors (Lipinski definition) is 0. The third kappa shape index (κ3) is 11.6. The Bertz CT molecular complexity index is 1240. The Morgan fingerprint density at radius 1 is 0.818 bits per heavy atom. The average molecular weight is 585 g/mol. The van der Waals surface area contributed by atoms with Gasteiger partial charge in [0, 0.05) is 17.8 Å². The molecule has 2 aliphatic rings. The maximum absolute atomic E-state index is 4.62. The number of allylic oxidation sites excluding steroid dienone is 22. The minimum absolute atomic E-state index is 0.204. The molecule has 44 heavy (non-hydrogen) atoms. The number of unbranched alkanes of at least 4 members (excludes halogenated alkanes) is 1. The van der Waals surface area contributed by atoms with Crippen LogP contribution in [0.15, 0.2) is 184 Å². The summed E-state index contributed by atoms with van der Waals surface area (Å²) in [6, 6.07) is 0. The Balaban J connectivity index is 2.18. The summed E-state index contributed by atoms with van der Waals surface area (Å²) in [5.74, 6) is 1.43. The molecule has 0 heterocycles. The standard InChI is InChI=1S/C44H56/c1-9-15-16-20-27-44(42-33-31-41(32-34-42)37(12-4)22-10-2)36(8)30-29-35(7)43(39(14-6)23-11-3)28-21-26-38(13-5)40-24-18-17-19-25-40/h9-14,18,20-22,24-25,27-28,31-33,38-39,42-44H,1-8,15-17,19,23,26,29-30,34H2. The lowest BCUT2D eigenvalue weighted by molar-refractivity contribution is 0.501. The zero-order valence-corrected chi connectivity index (χ0v) is 27.2. The second-order valence-electron chi connectivity index (χ2n) is 11.8. The molecule has 2 rings (SSSR count). The second kappa shape index (κ2) is 20.9. The third-order valence-electron chi connectivity index (χ3n) is 8.71. The fourth-order valence-electron chi connectivity index (χ4n) is 6.03. The zero-order chi connectivity index (χ0) is 32.2. The Morgan fingerprint density at radius 3 is 2.20 bits per heavy atom. The molecule has 0 aliphatic heterocycles. The van der Waals surface area contributed by atoms with E-state index in [2.05, 4.69) is 126 Å². The van der Waals surface area contributed by atoms with Crippen molar-refractivity contribution in [3.63, 3.8) is 0 Å². The van der Waals surface area contributed by atoms with Crippen LogP contribution in [0.1, 0.15) is 57.8 Å². The minimum atomic E-state index is 0.204.